The maximum Gasteiger partial charge on any atom is 0.317 e. The lowest BCUT2D eigenvalue weighted by atomic mass is 9.99. The van der Waals surface area contributed by atoms with Crippen LogP contribution in [0, 0.1) is 21.4 Å². The van der Waals surface area contributed by atoms with Gasteiger partial charge in [0.25, 0.3) is 5.69 Å². The summed E-state index contributed by atoms with van der Waals surface area (Å²) in [7, 11) is 0. The first-order valence-electron chi connectivity index (χ1n) is 7.85. The Balaban J connectivity index is 1.65. The average molecular weight is 336 g/mol. The van der Waals surface area contributed by atoms with Crippen molar-refractivity contribution >= 4 is 11.7 Å². The van der Waals surface area contributed by atoms with Crippen LogP contribution in [0.15, 0.2) is 42.5 Å². The topological polar surface area (TPSA) is 99.3 Å². The summed E-state index contributed by atoms with van der Waals surface area (Å²) in [6, 6.07) is 13.7. The number of rotatable bonds is 3. The van der Waals surface area contributed by atoms with Gasteiger partial charge in [0.05, 0.1) is 16.6 Å². The van der Waals surface area contributed by atoms with Crippen molar-refractivity contribution in [3.05, 3.63) is 74.8 Å². The van der Waals surface area contributed by atoms with Crippen LogP contribution in [0.2, 0.25) is 0 Å². The molecule has 0 aliphatic carbocycles. The van der Waals surface area contributed by atoms with E-state index in [2.05, 4.69) is 11.4 Å². The molecule has 1 N–H and O–H groups in total. The number of carbonyl (C=O) groups is 1. The van der Waals surface area contributed by atoms with Crippen LogP contribution in [0.1, 0.15) is 22.3 Å². The van der Waals surface area contributed by atoms with Crippen LogP contribution in [-0.2, 0) is 19.5 Å². The molecule has 0 spiro atoms. The molecule has 0 radical (unpaired) electrons. The highest BCUT2D eigenvalue weighted by Crippen LogP contribution is 2.23. The summed E-state index contributed by atoms with van der Waals surface area (Å²) in [6.45, 7) is 1.24. The van der Waals surface area contributed by atoms with Crippen molar-refractivity contribution in [1.29, 1.82) is 5.26 Å². The monoisotopic (exact) mass is 336 g/mol. The minimum absolute atomic E-state index is 0.0364. The summed E-state index contributed by atoms with van der Waals surface area (Å²) < 4.78 is 0. The number of nitro benzene ring substituents is 1. The predicted molar refractivity (Wildman–Crippen MR) is 90.6 cm³/mol. The first kappa shape index (κ1) is 16.5. The van der Waals surface area contributed by atoms with E-state index in [0.29, 0.717) is 31.6 Å². The Labute approximate surface area is 144 Å². The van der Waals surface area contributed by atoms with Crippen LogP contribution in [-0.4, -0.2) is 22.4 Å². The normalized spacial score (nSPS) is 12.8. The molecule has 2 aromatic carbocycles. The van der Waals surface area contributed by atoms with E-state index in [0.717, 1.165) is 16.7 Å². The summed E-state index contributed by atoms with van der Waals surface area (Å²) in [5.74, 6) is 0. The molecule has 7 heteroatoms. The van der Waals surface area contributed by atoms with E-state index in [1.165, 1.54) is 12.1 Å². The SMILES string of the molecule is N#Cc1cccc(CNC(=O)N2CCc3ccc([N+](=O)[O-])cc3C2)c1. The maximum atomic E-state index is 12.4. The van der Waals surface area contributed by atoms with Gasteiger partial charge in [-0.25, -0.2) is 4.79 Å². The van der Waals surface area contributed by atoms with Crippen LogP contribution in [0.4, 0.5) is 10.5 Å². The van der Waals surface area contributed by atoms with Gasteiger partial charge in [0.15, 0.2) is 0 Å². The summed E-state index contributed by atoms with van der Waals surface area (Å²) >= 11 is 0. The van der Waals surface area contributed by atoms with E-state index in [-0.39, 0.29) is 11.7 Å². The Morgan fingerprint density at radius 3 is 2.88 bits per heavy atom. The van der Waals surface area contributed by atoms with Gasteiger partial charge in [0.2, 0.25) is 0 Å². The summed E-state index contributed by atoms with van der Waals surface area (Å²) in [5, 5.41) is 22.6. The first-order valence-corrected chi connectivity index (χ1v) is 7.85. The lowest BCUT2D eigenvalue weighted by Gasteiger charge is -2.28. The molecule has 0 unspecified atom stereocenters. The Bertz CT molecular complexity index is 873. The van der Waals surface area contributed by atoms with Crippen molar-refractivity contribution in [3.63, 3.8) is 0 Å². The number of carbonyl (C=O) groups excluding carboxylic acids is 1. The van der Waals surface area contributed by atoms with Crippen molar-refractivity contribution in [2.45, 2.75) is 19.5 Å². The molecular weight excluding hydrogens is 320 g/mol. The fourth-order valence-corrected chi connectivity index (χ4v) is 2.87. The number of fused-ring (bicyclic) bond motifs is 1. The molecule has 0 saturated carbocycles. The van der Waals surface area contributed by atoms with Crippen LogP contribution in [0.5, 0.6) is 0 Å². The molecule has 2 aromatic rings. The second kappa shape index (κ2) is 7.01. The molecule has 0 bridgehead atoms. The lowest BCUT2D eigenvalue weighted by Crippen LogP contribution is -2.42. The third kappa shape index (κ3) is 3.75. The van der Waals surface area contributed by atoms with E-state index in [1.807, 2.05) is 6.07 Å². The van der Waals surface area contributed by atoms with Gasteiger partial charge >= 0.3 is 6.03 Å². The smallest absolute Gasteiger partial charge is 0.317 e. The lowest BCUT2D eigenvalue weighted by molar-refractivity contribution is -0.385. The van der Waals surface area contributed by atoms with Crippen LogP contribution >= 0.6 is 0 Å². The van der Waals surface area contributed by atoms with E-state index < -0.39 is 4.92 Å². The van der Waals surface area contributed by atoms with Crippen LogP contribution in [0.25, 0.3) is 0 Å². The molecule has 0 atom stereocenters. The molecule has 25 heavy (non-hydrogen) atoms. The Morgan fingerprint density at radius 2 is 2.12 bits per heavy atom. The Morgan fingerprint density at radius 1 is 1.28 bits per heavy atom. The molecule has 1 aliphatic heterocycles. The average Bonchev–Trinajstić information content (AvgIpc) is 2.65. The van der Waals surface area contributed by atoms with E-state index in [4.69, 9.17) is 5.26 Å². The molecule has 0 aromatic heterocycles. The number of benzene rings is 2. The molecule has 3 rings (SSSR count). The zero-order chi connectivity index (χ0) is 17.8. The Hall–Kier alpha value is -3.40. The third-order valence-electron chi connectivity index (χ3n) is 4.20. The van der Waals surface area contributed by atoms with Gasteiger partial charge in [0.1, 0.15) is 0 Å². The predicted octanol–water partition coefficient (Wildman–Crippen LogP) is 2.73. The molecule has 7 nitrogen and oxygen atoms in total. The molecule has 2 amide bonds. The number of hydrogen-bond acceptors (Lipinski definition) is 4. The maximum absolute atomic E-state index is 12.4. The van der Waals surface area contributed by atoms with Crippen molar-refractivity contribution in [2.75, 3.05) is 6.54 Å². The third-order valence-corrected chi connectivity index (χ3v) is 4.20. The summed E-state index contributed by atoms with van der Waals surface area (Å²) in [5.41, 5.74) is 3.28. The highest BCUT2D eigenvalue weighted by molar-refractivity contribution is 5.74. The zero-order valence-corrected chi connectivity index (χ0v) is 13.4. The summed E-state index contributed by atoms with van der Waals surface area (Å²) in [6.07, 6.45) is 0.671. The molecular formula is C18H16N4O3. The summed E-state index contributed by atoms with van der Waals surface area (Å²) in [4.78, 5) is 24.5. The standard InChI is InChI=1S/C18H16N4O3/c19-10-13-2-1-3-14(8-13)11-20-18(23)21-7-6-15-4-5-17(22(24)25)9-16(15)12-21/h1-5,8-9H,6-7,11-12H2,(H,20,23). The van der Waals surface area contributed by atoms with Gasteiger partial charge in [-0.15, -0.1) is 0 Å². The fourth-order valence-electron chi connectivity index (χ4n) is 2.87. The van der Waals surface area contributed by atoms with Gasteiger partial charge in [-0.3, -0.25) is 10.1 Å². The number of amides is 2. The number of urea groups is 1. The van der Waals surface area contributed by atoms with Crippen molar-refractivity contribution in [2.24, 2.45) is 0 Å². The van der Waals surface area contributed by atoms with Gasteiger partial charge in [-0.1, -0.05) is 18.2 Å². The van der Waals surface area contributed by atoms with E-state index in [1.54, 1.807) is 29.2 Å². The number of hydrogen-bond donors (Lipinski definition) is 1. The molecule has 1 heterocycles. The number of nitrogens with one attached hydrogen (secondary N) is 1. The minimum Gasteiger partial charge on any atom is -0.334 e. The number of non-ortho nitro benzene ring substituents is 1. The van der Waals surface area contributed by atoms with Crippen molar-refractivity contribution in [1.82, 2.24) is 10.2 Å². The number of nitro groups is 1. The second-order valence-electron chi connectivity index (χ2n) is 5.85. The number of nitriles is 1. The largest absolute Gasteiger partial charge is 0.334 e. The molecule has 1 aliphatic rings. The van der Waals surface area contributed by atoms with Crippen molar-refractivity contribution in [3.8, 4) is 6.07 Å². The van der Waals surface area contributed by atoms with E-state index >= 15 is 0 Å². The highest BCUT2D eigenvalue weighted by Gasteiger charge is 2.22. The fraction of sp³-hybridized carbons (Fsp3) is 0.222. The van der Waals surface area contributed by atoms with Gasteiger partial charge < -0.3 is 10.2 Å². The molecule has 0 fully saturated rings. The van der Waals surface area contributed by atoms with E-state index in [9.17, 15) is 14.9 Å². The first-order chi connectivity index (χ1) is 12.1. The zero-order valence-electron chi connectivity index (χ0n) is 13.4. The molecule has 0 saturated heterocycles. The van der Waals surface area contributed by atoms with Gasteiger partial charge in [-0.05, 0) is 35.2 Å². The van der Waals surface area contributed by atoms with Crippen LogP contribution in [0.3, 0.4) is 0 Å². The van der Waals surface area contributed by atoms with Crippen molar-refractivity contribution < 1.29 is 9.72 Å². The van der Waals surface area contributed by atoms with Crippen LogP contribution < -0.4 is 5.32 Å². The van der Waals surface area contributed by atoms with Gasteiger partial charge in [-0.2, -0.15) is 5.26 Å². The molecule has 126 valence electrons. The number of nitrogens with zero attached hydrogens (tertiary/aromatic N) is 3. The minimum atomic E-state index is -0.429. The quantitative estimate of drug-likeness (QED) is 0.688. The van der Waals surface area contributed by atoms with Gasteiger partial charge in [0, 0.05) is 31.8 Å². The highest BCUT2D eigenvalue weighted by atomic mass is 16.6. The Kier molecular flexibility index (Phi) is 4.61. The second-order valence-corrected chi connectivity index (χ2v) is 5.85.